The van der Waals surface area contributed by atoms with Gasteiger partial charge in [0.15, 0.2) is 6.29 Å². The molecule has 1 amide bonds. The summed E-state index contributed by atoms with van der Waals surface area (Å²) in [4.78, 5) is 33.5. The second-order valence-electron chi connectivity index (χ2n) is 7.02. The van der Waals surface area contributed by atoms with Gasteiger partial charge in [-0.15, -0.1) is 0 Å². The molecule has 2 aliphatic rings. The minimum Gasteiger partial charge on any atom is -0.481 e. The molecule has 0 radical (unpaired) electrons. The second-order valence-corrected chi connectivity index (χ2v) is 7.02. The van der Waals surface area contributed by atoms with Crippen LogP contribution in [-0.2, 0) is 28.6 Å². The molecule has 0 spiro atoms. The number of carbonyl (C=O) groups is 3. The number of amides is 1. The molecule has 0 bridgehead atoms. The van der Waals surface area contributed by atoms with Crippen molar-refractivity contribution in [2.24, 2.45) is 17.8 Å². The molecule has 5 N–H and O–H groups in total. The van der Waals surface area contributed by atoms with Gasteiger partial charge in [0.1, 0.15) is 6.10 Å². The van der Waals surface area contributed by atoms with Crippen LogP contribution in [0.3, 0.4) is 0 Å². The van der Waals surface area contributed by atoms with Crippen LogP contribution in [0.4, 0.5) is 0 Å². The Kier molecular flexibility index (Phi) is 8.53. The van der Waals surface area contributed by atoms with Crippen molar-refractivity contribution >= 4 is 17.8 Å². The molecular weight excluding hydrogens is 390 g/mol. The van der Waals surface area contributed by atoms with Gasteiger partial charge in [0, 0.05) is 18.9 Å². The van der Waals surface area contributed by atoms with Crippen LogP contribution in [0.1, 0.15) is 13.3 Å². The van der Waals surface area contributed by atoms with Crippen molar-refractivity contribution in [1.29, 1.82) is 0 Å². The molecule has 1 heterocycles. The van der Waals surface area contributed by atoms with E-state index < -0.39 is 60.2 Å². The maximum absolute atomic E-state index is 11.7. The second kappa shape index (κ2) is 10.6. The highest BCUT2D eigenvalue weighted by atomic mass is 16.7. The molecule has 1 aliphatic carbocycles. The smallest absolute Gasteiger partial charge is 0.308 e. The summed E-state index contributed by atoms with van der Waals surface area (Å²) in [6, 6.07) is 0. The monoisotopic (exact) mass is 417 g/mol. The van der Waals surface area contributed by atoms with Gasteiger partial charge in [-0.3, -0.25) is 14.4 Å². The third kappa shape index (κ3) is 6.75. The zero-order valence-corrected chi connectivity index (χ0v) is 16.0. The van der Waals surface area contributed by atoms with Crippen molar-refractivity contribution in [2.45, 2.75) is 37.9 Å². The van der Waals surface area contributed by atoms with Crippen LogP contribution in [0.2, 0.25) is 0 Å². The molecule has 1 saturated heterocycles. The van der Waals surface area contributed by atoms with Gasteiger partial charge >= 0.3 is 11.9 Å². The van der Waals surface area contributed by atoms with Gasteiger partial charge in [-0.05, 0) is 13.0 Å². The van der Waals surface area contributed by atoms with Gasteiger partial charge in [0.05, 0.1) is 43.9 Å². The number of carboxylic acids is 2. The number of rotatable bonds is 11. The minimum atomic E-state index is -1.19. The van der Waals surface area contributed by atoms with Gasteiger partial charge in [0.2, 0.25) is 5.91 Å². The zero-order valence-electron chi connectivity index (χ0n) is 16.0. The molecule has 2 rings (SSSR count). The summed E-state index contributed by atoms with van der Waals surface area (Å²) in [7, 11) is 0. The molecule has 29 heavy (non-hydrogen) atoms. The van der Waals surface area contributed by atoms with Gasteiger partial charge in [-0.1, -0.05) is 6.08 Å². The fourth-order valence-electron chi connectivity index (χ4n) is 3.13. The van der Waals surface area contributed by atoms with E-state index in [1.807, 2.05) is 0 Å². The van der Waals surface area contributed by atoms with E-state index in [9.17, 15) is 24.6 Å². The number of ether oxygens (including phenoxy) is 3. The van der Waals surface area contributed by atoms with E-state index in [1.54, 1.807) is 6.92 Å². The molecule has 1 saturated carbocycles. The fourth-order valence-corrected chi connectivity index (χ4v) is 3.13. The lowest BCUT2D eigenvalue weighted by Crippen LogP contribution is -2.47. The van der Waals surface area contributed by atoms with Crippen molar-refractivity contribution in [3.63, 3.8) is 0 Å². The van der Waals surface area contributed by atoms with Crippen LogP contribution in [0.5, 0.6) is 0 Å². The lowest BCUT2D eigenvalue weighted by Gasteiger charge is -2.35. The van der Waals surface area contributed by atoms with E-state index in [1.165, 1.54) is 6.08 Å². The molecule has 2 fully saturated rings. The van der Waals surface area contributed by atoms with E-state index in [4.69, 9.17) is 24.4 Å². The number of aliphatic carboxylic acids is 2. The Morgan fingerprint density at radius 1 is 1.07 bits per heavy atom. The third-order valence-electron chi connectivity index (χ3n) is 4.86. The molecule has 0 aromatic heterocycles. The molecule has 0 unspecified atom stereocenters. The number of aliphatic hydroxyl groups is 2. The minimum absolute atomic E-state index is 0.160. The van der Waals surface area contributed by atoms with E-state index in [-0.39, 0.29) is 32.8 Å². The van der Waals surface area contributed by atoms with E-state index >= 15 is 0 Å². The summed E-state index contributed by atoms with van der Waals surface area (Å²) in [5.74, 6) is -5.56. The number of carboxylic acid groups (broad SMARTS) is 2. The molecular formula is C18H27NO10. The van der Waals surface area contributed by atoms with E-state index in [0.29, 0.717) is 0 Å². The lowest BCUT2D eigenvalue weighted by atomic mass is 10.0. The maximum Gasteiger partial charge on any atom is 0.308 e. The number of carbonyl (C=O) groups excluding carboxylic acids is 1. The molecule has 11 nitrogen and oxygen atoms in total. The Bertz CT molecular complexity index is 604. The Morgan fingerprint density at radius 3 is 2.34 bits per heavy atom. The number of nitrogens with one attached hydrogen (secondary N) is 1. The highest BCUT2D eigenvalue weighted by molar-refractivity contribution is 5.90. The van der Waals surface area contributed by atoms with Crippen molar-refractivity contribution in [3.05, 3.63) is 12.2 Å². The van der Waals surface area contributed by atoms with Gasteiger partial charge in [-0.2, -0.15) is 0 Å². The van der Waals surface area contributed by atoms with Crippen molar-refractivity contribution in [2.75, 3.05) is 26.4 Å². The van der Waals surface area contributed by atoms with Crippen LogP contribution >= 0.6 is 0 Å². The number of aliphatic hydroxyl groups excluding tert-OH is 2. The maximum atomic E-state index is 11.7. The largest absolute Gasteiger partial charge is 0.481 e. The Morgan fingerprint density at radius 2 is 1.72 bits per heavy atom. The number of allylic oxidation sites excluding steroid dienone is 1. The van der Waals surface area contributed by atoms with Gasteiger partial charge in [0.25, 0.3) is 0 Å². The molecule has 0 aromatic carbocycles. The summed E-state index contributed by atoms with van der Waals surface area (Å²) < 4.78 is 16.0. The fraction of sp³-hybridized carbons (Fsp3) is 0.722. The third-order valence-corrected chi connectivity index (χ3v) is 4.86. The van der Waals surface area contributed by atoms with Crippen LogP contribution < -0.4 is 5.32 Å². The summed E-state index contributed by atoms with van der Waals surface area (Å²) >= 11 is 0. The number of hydrogen-bond donors (Lipinski definition) is 5. The predicted molar refractivity (Wildman–Crippen MR) is 95.6 cm³/mol. The Hall–Kier alpha value is -2.05. The normalized spacial score (nSPS) is 34.1. The molecule has 0 aromatic rings. The summed E-state index contributed by atoms with van der Waals surface area (Å²) in [6.45, 7) is 2.45. The standard InChI is InChI=1S/C18H27NO10/c1-9-11(20)8-12(21)18(29-9)28-7-6-27-5-4-19-13(22)3-2-10-14(16(23)24)15(10)17(25)26/h2-3,9-12,14-15,18,20-21H,4-8H2,1H3,(H,19,22)(H,23,24)(H,25,26)/b3-2+/t9-,11+,12+,14+,15+,18+/m0/s1. The summed E-state index contributed by atoms with van der Waals surface area (Å²) in [5.41, 5.74) is 0. The quantitative estimate of drug-likeness (QED) is 0.198. The average molecular weight is 417 g/mol. The molecule has 6 atom stereocenters. The summed E-state index contributed by atoms with van der Waals surface area (Å²) in [5, 5.41) is 39.7. The average Bonchev–Trinajstić information content (AvgIpc) is 3.38. The highest BCUT2D eigenvalue weighted by Gasteiger charge is 2.58. The van der Waals surface area contributed by atoms with Crippen molar-refractivity contribution < 1.29 is 49.0 Å². The molecule has 11 heteroatoms. The summed E-state index contributed by atoms with van der Waals surface area (Å²) in [6.07, 6.45) is -0.302. The lowest BCUT2D eigenvalue weighted by molar-refractivity contribution is -0.263. The number of hydrogen-bond acceptors (Lipinski definition) is 8. The Balaban J connectivity index is 1.54. The van der Waals surface area contributed by atoms with E-state index in [2.05, 4.69) is 5.32 Å². The first kappa shape index (κ1) is 23.2. The topological polar surface area (TPSA) is 172 Å². The SMILES string of the molecule is C[C@@H]1O[C@@H](OCCOCCNC(=O)/C=C/C2[C@@H](C(=O)O)[C@@H]2C(=O)O)[C@H](O)C[C@H]1O. The highest BCUT2D eigenvalue weighted by Crippen LogP contribution is 2.47. The van der Waals surface area contributed by atoms with Crippen molar-refractivity contribution in [1.82, 2.24) is 5.32 Å². The first-order valence-corrected chi connectivity index (χ1v) is 9.35. The van der Waals surface area contributed by atoms with Gasteiger partial charge in [-0.25, -0.2) is 0 Å². The van der Waals surface area contributed by atoms with Crippen LogP contribution in [0.15, 0.2) is 12.2 Å². The first-order valence-electron chi connectivity index (χ1n) is 9.35. The molecule has 1 aliphatic heterocycles. The van der Waals surface area contributed by atoms with Gasteiger partial charge < -0.3 is 40.0 Å². The zero-order chi connectivity index (χ0) is 21.6. The predicted octanol–water partition coefficient (Wildman–Crippen LogP) is -1.42. The van der Waals surface area contributed by atoms with Crippen LogP contribution in [-0.4, -0.2) is 89.2 Å². The van der Waals surface area contributed by atoms with Crippen molar-refractivity contribution in [3.8, 4) is 0 Å². The first-order chi connectivity index (χ1) is 13.7. The van der Waals surface area contributed by atoms with E-state index in [0.717, 1.165) is 6.08 Å². The van der Waals surface area contributed by atoms with Crippen LogP contribution in [0, 0.1) is 17.8 Å². The molecule has 164 valence electrons. The van der Waals surface area contributed by atoms with Crippen LogP contribution in [0.25, 0.3) is 0 Å². The Labute approximate surface area is 167 Å².